The highest BCUT2D eigenvalue weighted by molar-refractivity contribution is 7.89. The van der Waals surface area contributed by atoms with Crippen LogP contribution in [0.4, 0.5) is 13.2 Å². The van der Waals surface area contributed by atoms with E-state index in [0.717, 1.165) is 11.4 Å². The summed E-state index contributed by atoms with van der Waals surface area (Å²) < 4.78 is 63.8. The Morgan fingerprint density at radius 2 is 1.80 bits per heavy atom. The molecule has 1 saturated heterocycles. The van der Waals surface area contributed by atoms with Crippen LogP contribution in [0.25, 0.3) is 0 Å². The number of hydrogen-bond donors (Lipinski definition) is 0. The second kappa shape index (κ2) is 4.85. The fraction of sp³-hybridized carbons (Fsp3) is 0.600. The van der Waals surface area contributed by atoms with E-state index in [4.69, 9.17) is 0 Å². The maximum Gasteiger partial charge on any atom is 0.435 e. The zero-order valence-electron chi connectivity index (χ0n) is 10.5. The molecular weight excluding hydrogens is 299 g/mol. The van der Waals surface area contributed by atoms with Gasteiger partial charge in [-0.15, -0.1) is 0 Å². The van der Waals surface area contributed by atoms with Gasteiger partial charge in [0.05, 0.1) is 0 Å². The molecular formula is C10H12F3N3O3S. The van der Waals surface area contributed by atoms with Crippen LogP contribution in [0.3, 0.4) is 0 Å². The van der Waals surface area contributed by atoms with Crippen molar-refractivity contribution in [3.63, 3.8) is 0 Å². The fourth-order valence-corrected chi connectivity index (χ4v) is 3.50. The second-order valence-electron chi connectivity index (χ2n) is 4.43. The summed E-state index contributed by atoms with van der Waals surface area (Å²) in [5.74, 6) is -0.0579. The maximum absolute atomic E-state index is 12.5. The second-order valence-corrected chi connectivity index (χ2v) is 6.32. The number of alkyl halides is 3. The minimum Gasteiger partial charge on any atom is -0.300 e. The molecule has 10 heteroatoms. The summed E-state index contributed by atoms with van der Waals surface area (Å²) in [5, 5.41) is 2.65. The number of hydrogen-bond acceptors (Lipinski definition) is 4. The number of rotatable bonds is 2. The highest BCUT2D eigenvalue weighted by Crippen LogP contribution is 2.30. The van der Waals surface area contributed by atoms with Crippen molar-refractivity contribution in [2.75, 3.05) is 13.1 Å². The fourth-order valence-electron chi connectivity index (χ4n) is 1.94. The SMILES string of the molecule is Cn1nc(C(F)(F)F)cc1S(=O)(=O)N1CCC(=O)CC1. The van der Waals surface area contributed by atoms with Gasteiger partial charge < -0.3 is 0 Å². The Kier molecular flexibility index (Phi) is 3.63. The Labute approximate surface area is 113 Å². The predicted octanol–water partition coefficient (Wildman–Crippen LogP) is 0.793. The minimum atomic E-state index is -4.70. The number of aryl methyl sites for hydroxylation is 1. The van der Waals surface area contributed by atoms with Gasteiger partial charge in [-0.05, 0) is 0 Å². The monoisotopic (exact) mass is 311 g/mol. The number of ketones is 1. The zero-order valence-corrected chi connectivity index (χ0v) is 11.3. The van der Waals surface area contributed by atoms with Gasteiger partial charge in [0.1, 0.15) is 5.78 Å². The maximum atomic E-state index is 12.5. The summed E-state index contributed by atoms with van der Waals surface area (Å²) in [6.45, 7) is -0.0403. The van der Waals surface area contributed by atoms with Gasteiger partial charge in [-0.1, -0.05) is 0 Å². The van der Waals surface area contributed by atoms with Gasteiger partial charge in [-0.2, -0.15) is 22.6 Å². The van der Waals surface area contributed by atoms with Crippen LogP contribution in [0.15, 0.2) is 11.1 Å². The van der Waals surface area contributed by atoms with Crippen molar-refractivity contribution in [3.05, 3.63) is 11.8 Å². The van der Waals surface area contributed by atoms with Gasteiger partial charge in [0.15, 0.2) is 10.7 Å². The molecule has 20 heavy (non-hydrogen) atoms. The smallest absolute Gasteiger partial charge is 0.300 e. The predicted molar refractivity (Wildman–Crippen MR) is 61.2 cm³/mol. The van der Waals surface area contributed by atoms with E-state index in [0.29, 0.717) is 10.7 Å². The summed E-state index contributed by atoms with van der Waals surface area (Å²) >= 11 is 0. The van der Waals surface area contributed by atoms with Crippen LogP contribution in [0.2, 0.25) is 0 Å². The van der Waals surface area contributed by atoms with E-state index < -0.39 is 26.9 Å². The molecule has 0 bridgehead atoms. The normalized spacial score (nSPS) is 18.5. The molecule has 2 heterocycles. The summed E-state index contributed by atoms with van der Waals surface area (Å²) in [7, 11) is -2.94. The van der Waals surface area contributed by atoms with Crippen LogP contribution in [-0.2, 0) is 28.0 Å². The summed E-state index contributed by atoms with van der Waals surface area (Å²) in [5.41, 5.74) is -1.26. The highest BCUT2D eigenvalue weighted by atomic mass is 32.2. The van der Waals surface area contributed by atoms with E-state index in [9.17, 15) is 26.4 Å². The largest absolute Gasteiger partial charge is 0.435 e. The Balaban J connectivity index is 2.35. The number of carbonyl (C=O) groups excluding carboxylic acids is 1. The standard InChI is InChI=1S/C10H12F3N3O3S/c1-15-9(6-8(14-15)10(11,12)13)20(18,19)16-4-2-7(17)3-5-16/h6H,2-5H2,1H3. The van der Waals surface area contributed by atoms with E-state index in [-0.39, 0.29) is 31.7 Å². The molecule has 1 aromatic heterocycles. The first-order valence-electron chi connectivity index (χ1n) is 5.75. The lowest BCUT2D eigenvalue weighted by Crippen LogP contribution is -2.39. The quantitative estimate of drug-likeness (QED) is 0.809. The topological polar surface area (TPSA) is 72.3 Å². The van der Waals surface area contributed by atoms with Crippen LogP contribution >= 0.6 is 0 Å². The number of Topliss-reactive ketones (excluding diaryl/α,β-unsaturated/α-hetero) is 1. The zero-order chi connectivity index (χ0) is 15.1. The van der Waals surface area contributed by atoms with E-state index in [1.54, 1.807) is 0 Å². The van der Waals surface area contributed by atoms with Crippen molar-refractivity contribution in [1.82, 2.24) is 14.1 Å². The summed E-state index contributed by atoms with van der Waals surface area (Å²) in [6, 6.07) is 0.506. The Bertz CT molecular complexity index is 626. The van der Waals surface area contributed by atoms with Gasteiger partial charge in [-0.25, -0.2) is 8.42 Å². The van der Waals surface area contributed by atoms with Gasteiger partial charge >= 0.3 is 6.18 Å². The Morgan fingerprint density at radius 3 is 2.25 bits per heavy atom. The van der Waals surface area contributed by atoms with Crippen LogP contribution < -0.4 is 0 Å². The Morgan fingerprint density at radius 1 is 1.25 bits per heavy atom. The first kappa shape index (κ1) is 15.0. The lowest BCUT2D eigenvalue weighted by atomic mass is 10.1. The Hall–Kier alpha value is -1.42. The van der Waals surface area contributed by atoms with Crippen molar-refractivity contribution < 1.29 is 26.4 Å². The van der Waals surface area contributed by atoms with Crippen molar-refractivity contribution in [3.8, 4) is 0 Å². The van der Waals surface area contributed by atoms with Crippen molar-refractivity contribution in [2.24, 2.45) is 7.05 Å². The van der Waals surface area contributed by atoms with Crippen LogP contribution in [-0.4, -0.2) is 41.4 Å². The lowest BCUT2D eigenvalue weighted by molar-refractivity contribution is -0.141. The molecule has 0 unspecified atom stereocenters. The van der Waals surface area contributed by atoms with Crippen molar-refractivity contribution >= 4 is 15.8 Å². The molecule has 0 spiro atoms. The molecule has 1 fully saturated rings. The summed E-state index contributed by atoms with van der Waals surface area (Å²) in [6.07, 6.45) is -4.56. The molecule has 1 aliphatic heterocycles. The average Bonchev–Trinajstić information content (AvgIpc) is 2.72. The van der Waals surface area contributed by atoms with Crippen molar-refractivity contribution in [1.29, 1.82) is 0 Å². The molecule has 0 amide bonds. The third-order valence-corrected chi connectivity index (χ3v) is 4.97. The first-order valence-corrected chi connectivity index (χ1v) is 7.19. The number of piperidine rings is 1. The van der Waals surface area contributed by atoms with Crippen molar-refractivity contribution in [2.45, 2.75) is 24.0 Å². The molecule has 0 atom stereocenters. The molecule has 1 aromatic rings. The van der Waals surface area contributed by atoms with E-state index >= 15 is 0 Å². The number of sulfonamides is 1. The first-order chi connectivity index (χ1) is 9.12. The van der Waals surface area contributed by atoms with E-state index in [2.05, 4.69) is 5.10 Å². The van der Waals surface area contributed by atoms with Crippen LogP contribution in [0.1, 0.15) is 18.5 Å². The van der Waals surface area contributed by atoms with Gasteiger partial charge in [-0.3, -0.25) is 9.48 Å². The molecule has 0 radical (unpaired) electrons. The number of aromatic nitrogens is 2. The number of nitrogens with zero attached hydrogens (tertiary/aromatic N) is 3. The highest BCUT2D eigenvalue weighted by Gasteiger charge is 2.38. The molecule has 6 nitrogen and oxygen atoms in total. The summed E-state index contributed by atoms with van der Waals surface area (Å²) in [4.78, 5) is 11.1. The van der Waals surface area contributed by atoms with Gasteiger partial charge in [0.2, 0.25) is 0 Å². The minimum absolute atomic E-state index is 0.0201. The molecule has 112 valence electrons. The molecule has 0 N–H and O–H groups in total. The third kappa shape index (κ3) is 2.70. The molecule has 0 saturated carbocycles. The van der Waals surface area contributed by atoms with Crippen LogP contribution in [0.5, 0.6) is 0 Å². The average molecular weight is 311 g/mol. The molecule has 0 aromatic carbocycles. The number of halogens is 3. The van der Waals surface area contributed by atoms with Gasteiger partial charge in [0.25, 0.3) is 10.0 Å². The number of carbonyl (C=O) groups is 1. The van der Waals surface area contributed by atoms with Crippen LogP contribution in [0, 0.1) is 0 Å². The lowest BCUT2D eigenvalue weighted by Gasteiger charge is -2.24. The van der Waals surface area contributed by atoms with E-state index in [1.165, 1.54) is 0 Å². The van der Waals surface area contributed by atoms with Gasteiger partial charge in [0, 0.05) is 39.0 Å². The molecule has 0 aliphatic carbocycles. The molecule has 2 rings (SSSR count). The molecule has 1 aliphatic rings. The third-order valence-electron chi connectivity index (χ3n) is 3.01. The van der Waals surface area contributed by atoms with E-state index in [1.807, 2.05) is 0 Å².